The lowest BCUT2D eigenvalue weighted by Crippen LogP contribution is -2.37. The fourth-order valence-electron chi connectivity index (χ4n) is 4.93. The maximum Gasteiger partial charge on any atom is 0.472 e. The Hall–Kier alpha value is -4.63. The Bertz CT molecular complexity index is 1680. The number of quaternary nitrogens is 1. The Labute approximate surface area is 388 Å². The molecule has 0 radical (unpaired) electrons. The molecule has 0 amide bonds. The van der Waals surface area contributed by atoms with Gasteiger partial charge in [-0.25, -0.2) is 4.57 Å². The highest BCUT2D eigenvalue weighted by atomic mass is 31.2. The van der Waals surface area contributed by atoms with Gasteiger partial charge in [-0.1, -0.05) is 170 Å². The van der Waals surface area contributed by atoms with Gasteiger partial charge in [-0.3, -0.25) is 18.6 Å². The molecule has 2 atom stereocenters. The minimum absolute atomic E-state index is 0.0108. The fourth-order valence-corrected chi connectivity index (χ4v) is 5.67. The van der Waals surface area contributed by atoms with E-state index in [2.05, 4.69) is 134 Å². The number of allylic oxidation sites excluding steroid dienone is 26. The number of carbonyl (C=O) groups excluding carboxylic acids is 2. The molecule has 1 N–H and O–H groups in total. The Morgan fingerprint density at radius 1 is 0.453 bits per heavy atom. The molecule has 0 aromatic carbocycles. The van der Waals surface area contributed by atoms with Crippen molar-refractivity contribution in [3.63, 3.8) is 0 Å². The molecule has 0 aromatic rings. The maximum absolute atomic E-state index is 12.7. The number of likely N-dealkylation sites (N-methyl/N-ethyl adjacent to an activating group) is 1. The van der Waals surface area contributed by atoms with Gasteiger partial charge in [0.15, 0.2) is 6.10 Å². The van der Waals surface area contributed by atoms with Crippen molar-refractivity contribution in [1.82, 2.24) is 0 Å². The van der Waals surface area contributed by atoms with Gasteiger partial charge in [0.1, 0.15) is 19.8 Å². The van der Waals surface area contributed by atoms with Gasteiger partial charge in [0.2, 0.25) is 0 Å². The third kappa shape index (κ3) is 46.9. The second-order valence-corrected chi connectivity index (χ2v) is 16.9. The largest absolute Gasteiger partial charge is 0.472 e. The Kier molecular flexibility index (Phi) is 40.5. The molecule has 0 heterocycles. The van der Waals surface area contributed by atoms with Gasteiger partial charge in [0.05, 0.1) is 40.6 Å². The molecule has 0 rings (SSSR count). The minimum Gasteiger partial charge on any atom is -0.461 e. The van der Waals surface area contributed by atoms with Crippen molar-refractivity contribution < 1.29 is 42.1 Å². The average Bonchev–Trinajstić information content (AvgIpc) is 3.25. The number of rotatable bonds is 38. The highest BCUT2D eigenvalue weighted by Gasteiger charge is 2.26. The third-order valence-corrected chi connectivity index (χ3v) is 9.46. The molecule has 9 nitrogen and oxygen atoms in total. The van der Waals surface area contributed by atoms with Crippen molar-refractivity contribution in [3.05, 3.63) is 170 Å². The van der Waals surface area contributed by atoms with Gasteiger partial charge in [-0.05, 0) is 90.9 Å². The lowest BCUT2D eigenvalue weighted by molar-refractivity contribution is -0.870. The second kappa shape index (κ2) is 43.6. The molecule has 0 spiro atoms. The Balaban J connectivity index is 4.66. The normalized spacial score (nSPS) is 15.0. The Morgan fingerprint density at radius 3 is 1.06 bits per heavy atom. The number of hydrogen-bond acceptors (Lipinski definition) is 7. The quantitative estimate of drug-likeness (QED) is 0.0282. The van der Waals surface area contributed by atoms with Crippen molar-refractivity contribution in [2.45, 2.75) is 110 Å². The van der Waals surface area contributed by atoms with Crippen LogP contribution in [-0.2, 0) is 32.7 Å². The van der Waals surface area contributed by atoms with Gasteiger partial charge < -0.3 is 18.9 Å². The summed E-state index contributed by atoms with van der Waals surface area (Å²) in [6.45, 7) is 3.69. The highest BCUT2D eigenvalue weighted by Crippen LogP contribution is 2.43. The number of nitrogens with zero attached hydrogens (tertiary/aromatic N) is 1. The summed E-state index contributed by atoms with van der Waals surface area (Å²) in [7, 11) is 1.34. The van der Waals surface area contributed by atoms with Crippen LogP contribution in [0, 0.1) is 0 Å². The van der Waals surface area contributed by atoms with E-state index >= 15 is 0 Å². The zero-order chi connectivity index (χ0) is 47.1. The van der Waals surface area contributed by atoms with Crippen molar-refractivity contribution in [2.75, 3.05) is 47.5 Å². The first-order valence-electron chi connectivity index (χ1n) is 22.8. The van der Waals surface area contributed by atoms with Crippen molar-refractivity contribution >= 4 is 19.8 Å². The fraction of sp³-hybridized carbons (Fsp3) is 0.444. The highest BCUT2D eigenvalue weighted by molar-refractivity contribution is 7.47. The number of ether oxygens (including phenoxy) is 2. The summed E-state index contributed by atoms with van der Waals surface area (Å²) in [6, 6.07) is 0. The minimum atomic E-state index is -4.44. The van der Waals surface area contributed by atoms with E-state index < -0.39 is 32.5 Å². The van der Waals surface area contributed by atoms with E-state index in [-0.39, 0.29) is 26.1 Å². The van der Waals surface area contributed by atoms with Gasteiger partial charge in [0.25, 0.3) is 0 Å². The number of phosphoric acid groups is 1. The molecule has 0 aliphatic carbocycles. The first-order chi connectivity index (χ1) is 31.0. The molecule has 0 bridgehead atoms. The van der Waals surface area contributed by atoms with Crippen LogP contribution < -0.4 is 0 Å². The molecule has 10 heteroatoms. The van der Waals surface area contributed by atoms with Crippen LogP contribution >= 0.6 is 7.82 Å². The molecule has 0 fully saturated rings. The zero-order valence-corrected chi connectivity index (χ0v) is 40.6. The summed E-state index contributed by atoms with van der Waals surface area (Å²) in [4.78, 5) is 35.3. The predicted octanol–water partition coefficient (Wildman–Crippen LogP) is 13.6. The Morgan fingerprint density at radius 2 is 0.750 bits per heavy atom. The van der Waals surface area contributed by atoms with E-state index in [1.807, 2.05) is 59.3 Å². The van der Waals surface area contributed by atoms with Gasteiger partial charge in [0, 0.05) is 0 Å². The van der Waals surface area contributed by atoms with Gasteiger partial charge in [-0.15, -0.1) is 0 Å². The van der Waals surface area contributed by atoms with E-state index in [1.165, 1.54) is 0 Å². The summed E-state index contributed by atoms with van der Waals surface area (Å²) < 4.78 is 34.1. The molecule has 0 aromatic heterocycles. The van der Waals surface area contributed by atoms with Crippen LogP contribution in [-0.4, -0.2) is 74.9 Å². The monoisotopic (exact) mass is 903 g/mol. The van der Waals surface area contributed by atoms with Crippen LogP contribution in [0.3, 0.4) is 0 Å². The summed E-state index contributed by atoms with van der Waals surface area (Å²) in [6.07, 6.45) is 67.7. The van der Waals surface area contributed by atoms with Crippen LogP contribution in [0.5, 0.6) is 0 Å². The van der Waals surface area contributed by atoms with Crippen LogP contribution in [0.25, 0.3) is 0 Å². The number of phosphoric ester groups is 1. The van der Waals surface area contributed by atoms with E-state index in [0.717, 1.165) is 64.2 Å². The van der Waals surface area contributed by atoms with E-state index in [9.17, 15) is 19.0 Å². The summed E-state index contributed by atoms with van der Waals surface area (Å²) >= 11 is 0. The topological polar surface area (TPSA) is 108 Å². The van der Waals surface area contributed by atoms with Crippen molar-refractivity contribution in [2.24, 2.45) is 0 Å². The molecular formula is C54H81NO8P+. The maximum atomic E-state index is 12.7. The summed E-state index contributed by atoms with van der Waals surface area (Å²) in [5, 5.41) is 0. The molecule has 0 aliphatic rings. The van der Waals surface area contributed by atoms with Crippen molar-refractivity contribution in [1.29, 1.82) is 0 Å². The molecule has 0 saturated carbocycles. The van der Waals surface area contributed by atoms with Gasteiger partial charge >= 0.3 is 19.8 Å². The standard InChI is InChI=1S/C54H80NO8P/c1-6-8-10-12-14-16-18-20-22-24-26-28-30-32-34-36-38-40-42-44-46-53(56)60-50-52(51-62-64(58,59)61-49-48-55(3,4)5)63-54(57)47-45-43-41-39-37-35-33-31-29-27-25-23-21-19-17-15-13-11-9-7-2/h6-9,12-15,18-21,24-27,30-33,36-39,42-45,52H,10-11,16-17,22-23,28-29,34-35,40-41,46-51H2,1-5H3/p+1/t52-/m1/s1. The average molecular weight is 903 g/mol. The molecule has 0 saturated heterocycles. The van der Waals surface area contributed by atoms with E-state index in [0.29, 0.717) is 23.9 Å². The lowest BCUT2D eigenvalue weighted by Gasteiger charge is -2.24. The van der Waals surface area contributed by atoms with Crippen molar-refractivity contribution in [3.8, 4) is 0 Å². The number of hydrogen-bond donors (Lipinski definition) is 1. The van der Waals surface area contributed by atoms with Crippen LogP contribution in [0.15, 0.2) is 170 Å². The smallest absolute Gasteiger partial charge is 0.461 e. The first kappa shape index (κ1) is 59.4. The molecule has 0 aliphatic heterocycles. The van der Waals surface area contributed by atoms with E-state index in [1.54, 1.807) is 12.2 Å². The molecule has 64 heavy (non-hydrogen) atoms. The van der Waals surface area contributed by atoms with Gasteiger partial charge in [-0.2, -0.15) is 0 Å². The van der Waals surface area contributed by atoms with Crippen LogP contribution in [0.2, 0.25) is 0 Å². The zero-order valence-electron chi connectivity index (χ0n) is 39.7. The third-order valence-electron chi connectivity index (χ3n) is 8.47. The number of esters is 2. The van der Waals surface area contributed by atoms with E-state index in [4.69, 9.17) is 18.5 Å². The second-order valence-electron chi connectivity index (χ2n) is 15.4. The molecule has 354 valence electrons. The summed E-state index contributed by atoms with van der Waals surface area (Å²) in [5.74, 6) is -1.12. The first-order valence-corrected chi connectivity index (χ1v) is 24.3. The number of carbonyl (C=O) groups is 2. The van der Waals surface area contributed by atoms with Crippen LogP contribution in [0.1, 0.15) is 104 Å². The van der Waals surface area contributed by atoms with Crippen LogP contribution in [0.4, 0.5) is 0 Å². The molecular weight excluding hydrogens is 822 g/mol. The predicted molar refractivity (Wildman–Crippen MR) is 269 cm³/mol. The molecule has 1 unspecified atom stereocenters. The SMILES string of the molecule is CC=CCC=CCC=CCC=CCC=CCC=CCC=CCC(=O)OC[C@H](COP(=O)(O)OCC[N+](C)(C)C)OC(=O)CC=CCC=CCC=CCC=CCC=CCC=CCC=CC. The summed E-state index contributed by atoms with van der Waals surface area (Å²) in [5.41, 5.74) is 0. The lowest BCUT2D eigenvalue weighted by atomic mass is 10.2.